The van der Waals surface area contributed by atoms with Gasteiger partial charge in [0.2, 0.25) is 6.29 Å². The molecule has 0 amide bonds. The van der Waals surface area contributed by atoms with Crippen LogP contribution in [0.3, 0.4) is 0 Å². The number of carbonyl (C=O) groups is 3. The number of aliphatic hydroxyl groups is 4. The lowest BCUT2D eigenvalue weighted by Crippen LogP contribution is -2.61. The predicted octanol–water partition coefficient (Wildman–Crippen LogP) is -2.62. The minimum Gasteiger partial charge on any atom is -0.478 e. The molecule has 2 saturated heterocycles. The lowest BCUT2D eigenvalue weighted by molar-refractivity contribution is -0.347. The predicted molar refractivity (Wildman–Crippen MR) is 96.0 cm³/mol. The van der Waals surface area contributed by atoms with Gasteiger partial charge in [-0.25, -0.2) is 4.79 Å². The van der Waals surface area contributed by atoms with Crippen LogP contribution >= 0.6 is 0 Å². The van der Waals surface area contributed by atoms with Crippen molar-refractivity contribution in [1.29, 1.82) is 0 Å². The molecule has 0 aromatic heterocycles. The normalized spacial score (nSPS) is 46.8. The van der Waals surface area contributed by atoms with Crippen LogP contribution < -0.4 is 0 Å². The largest absolute Gasteiger partial charge is 0.478 e. The monoisotopic (exact) mass is 460 g/mol. The van der Waals surface area contributed by atoms with Crippen LogP contribution in [0.5, 0.6) is 0 Å². The zero-order chi connectivity index (χ0) is 23.4. The van der Waals surface area contributed by atoms with Crippen LogP contribution in [-0.4, -0.2) is 98.7 Å². The van der Waals surface area contributed by atoms with Gasteiger partial charge in [-0.3, -0.25) is 9.59 Å². The maximum Gasteiger partial charge on any atom is 0.334 e. The molecule has 4 rings (SSSR count). The van der Waals surface area contributed by atoms with Gasteiger partial charge < -0.3 is 49.2 Å². The van der Waals surface area contributed by atoms with Crippen molar-refractivity contribution in [2.75, 3.05) is 6.61 Å². The molecular weight excluding hydrogens is 436 g/mol. The summed E-state index contributed by atoms with van der Waals surface area (Å²) in [5, 5.41) is 51.4. The van der Waals surface area contributed by atoms with E-state index in [0.29, 0.717) is 0 Å². The second-order valence-corrected chi connectivity index (χ2v) is 8.47. The number of cyclic esters (lactones) is 1. The van der Waals surface area contributed by atoms with Crippen molar-refractivity contribution in [3.8, 4) is 0 Å². The number of carboxylic acid groups (broad SMARTS) is 1. The summed E-state index contributed by atoms with van der Waals surface area (Å²) in [7, 11) is 0. The minimum absolute atomic E-state index is 0.0994. The molecule has 3 aliphatic heterocycles. The highest BCUT2D eigenvalue weighted by molar-refractivity contribution is 5.91. The average Bonchev–Trinajstić information content (AvgIpc) is 2.97. The molecule has 1 saturated carbocycles. The lowest BCUT2D eigenvalue weighted by Gasteiger charge is -2.44. The van der Waals surface area contributed by atoms with Crippen molar-refractivity contribution in [3.63, 3.8) is 0 Å². The fraction of sp³-hybridized carbons (Fsp3) is 0.737. The third kappa shape index (κ3) is 3.84. The Kier molecular flexibility index (Phi) is 5.90. The van der Waals surface area contributed by atoms with E-state index in [1.165, 1.54) is 6.92 Å². The Balaban J connectivity index is 1.72. The maximum atomic E-state index is 12.2. The van der Waals surface area contributed by atoms with Crippen LogP contribution in [0, 0.1) is 11.8 Å². The quantitative estimate of drug-likeness (QED) is 0.201. The van der Waals surface area contributed by atoms with Crippen LogP contribution in [-0.2, 0) is 38.1 Å². The van der Waals surface area contributed by atoms with E-state index in [1.54, 1.807) is 0 Å². The maximum absolute atomic E-state index is 12.2. The van der Waals surface area contributed by atoms with E-state index in [0.717, 1.165) is 6.26 Å². The molecule has 3 fully saturated rings. The van der Waals surface area contributed by atoms with E-state index in [2.05, 4.69) is 0 Å². The number of hydrogen-bond acceptors (Lipinski definition) is 12. The molecular formula is C19H24O13. The van der Waals surface area contributed by atoms with Crippen molar-refractivity contribution >= 4 is 17.9 Å². The average molecular weight is 460 g/mol. The first-order chi connectivity index (χ1) is 15.0. The molecule has 0 aromatic carbocycles. The molecule has 10 atom stereocenters. The summed E-state index contributed by atoms with van der Waals surface area (Å²) in [5.74, 6) is -5.28. The van der Waals surface area contributed by atoms with E-state index in [4.69, 9.17) is 23.7 Å². The highest BCUT2D eigenvalue weighted by Gasteiger charge is 2.61. The molecule has 4 bridgehead atoms. The Bertz CT molecular complexity index is 822. The van der Waals surface area contributed by atoms with Gasteiger partial charge in [0.1, 0.15) is 49.1 Å². The molecule has 0 spiro atoms. The zero-order valence-electron chi connectivity index (χ0n) is 16.9. The zero-order valence-corrected chi connectivity index (χ0v) is 16.9. The van der Waals surface area contributed by atoms with Crippen LogP contribution in [0.4, 0.5) is 0 Å². The highest BCUT2D eigenvalue weighted by Crippen LogP contribution is 2.50. The lowest BCUT2D eigenvalue weighted by atomic mass is 9.81. The minimum atomic E-state index is -1.86. The number of ether oxygens (including phenoxy) is 5. The first-order valence-electron chi connectivity index (χ1n) is 10.0. The number of esters is 2. The van der Waals surface area contributed by atoms with Crippen LogP contribution in [0.25, 0.3) is 0 Å². The number of rotatable bonds is 1. The molecule has 1 aliphatic carbocycles. The van der Waals surface area contributed by atoms with Crippen LogP contribution in [0.1, 0.15) is 19.8 Å². The van der Waals surface area contributed by atoms with Crippen molar-refractivity contribution in [2.45, 2.75) is 68.5 Å². The third-order valence-electron chi connectivity index (χ3n) is 6.40. The van der Waals surface area contributed by atoms with E-state index < -0.39 is 91.5 Å². The van der Waals surface area contributed by atoms with Crippen LogP contribution in [0.15, 0.2) is 11.8 Å². The van der Waals surface area contributed by atoms with Crippen molar-refractivity contribution in [3.05, 3.63) is 11.8 Å². The molecule has 32 heavy (non-hydrogen) atoms. The van der Waals surface area contributed by atoms with Gasteiger partial charge in [-0.2, -0.15) is 0 Å². The van der Waals surface area contributed by atoms with Gasteiger partial charge >= 0.3 is 17.9 Å². The number of hydrogen-bond donors (Lipinski definition) is 5. The third-order valence-corrected chi connectivity index (χ3v) is 6.40. The van der Waals surface area contributed by atoms with Gasteiger partial charge in [-0.1, -0.05) is 0 Å². The van der Waals surface area contributed by atoms with Gasteiger partial charge in [0.25, 0.3) is 0 Å². The summed E-state index contributed by atoms with van der Waals surface area (Å²) in [4.78, 5) is 35.9. The van der Waals surface area contributed by atoms with Gasteiger partial charge in [0.05, 0.1) is 17.8 Å². The van der Waals surface area contributed by atoms with Gasteiger partial charge in [0, 0.05) is 5.92 Å². The number of fused-ring (bicyclic) bond motifs is 3. The van der Waals surface area contributed by atoms with Gasteiger partial charge in [-0.15, -0.1) is 0 Å². The molecule has 13 nitrogen and oxygen atoms in total. The molecule has 4 aliphatic rings. The fourth-order valence-corrected chi connectivity index (χ4v) is 4.67. The van der Waals surface area contributed by atoms with Crippen LogP contribution in [0.2, 0.25) is 0 Å². The van der Waals surface area contributed by atoms with E-state index in [1.807, 2.05) is 0 Å². The number of aliphatic carboxylic acids is 1. The van der Waals surface area contributed by atoms with Crippen molar-refractivity contribution in [2.24, 2.45) is 11.8 Å². The summed E-state index contributed by atoms with van der Waals surface area (Å²) in [6.45, 7) is 0.753. The second-order valence-electron chi connectivity index (χ2n) is 8.47. The van der Waals surface area contributed by atoms with Gasteiger partial charge in [-0.05, 0) is 13.3 Å². The second kappa shape index (κ2) is 8.24. The Morgan fingerprint density at radius 3 is 2.47 bits per heavy atom. The van der Waals surface area contributed by atoms with Crippen molar-refractivity contribution < 1.29 is 63.6 Å². The fourth-order valence-electron chi connectivity index (χ4n) is 4.67. The SMILES string of the molecule is C[C@]1(O)[C@H]2[C@H]3OC=C(C(=O)O)[C@H]2C[C@@H]1OC(=O)CC(=O)OC[C@H]1O[C@@H](O3)[C@H](O)[C@@H](O)[C@@H]1O. The summed E-state index contributed by atoms with van der Waals surface area (Å²) < 4.78 is 26.7. The van der Waals surface area contributed by atoms with E-state index in [9.17, 15) is 39.9 Å². The Hall–Kier alpha value is -2.29. The molecule has 0 radical (unpaired) electrons. The summed E-state index contributed by atoms with van der Waals surface area (Å²) in [6.07, 6.45) is -10.6. The number of aliphatic hydroxyl groups excluding tert-OH is 3. The Morgan fingerprint density at radius 2 is 1.78 bits per heavy atom. The summed E-state index contributed by atoms with van der Waals surface area (Å²) in [5.41, 5.74) is -2.04. The van der Waals surface area contributed by atoms with Crippen molar-refractivity contribution in [1.82, 2.24) is 0 Å². The number of carbonyl (C=O) groups excluding carboxylic acids is 2. The smallest absolute Gasteiger partial charge is 0.334 e. The summed E-state index contributed by atoms with van der Waals surface area (Å²) >= 11 is 0. The standard InChI is InChI=1S/C19H24O13/c1-19(27)9-2-6-7(16(25)26)4-29-17(12(6)19)32-18-15(24)14(23)13(22)8(30-18)5-28-10(20)3-11(21)31-9/h4,6,8-9,12-15,17-18,22-24,27H,2-3,5H2,1H3,(H,25,26)/t6-,8-,9+,12-,13-,14+,15-,17+,18+,19-/m1/s1. The van der Waals surface area contributed by atoms with Gasteiger partial charge in [0.15, 0.2) is 6.29 Å². The van der Waals surface area contributed by atoms with E-state index >= 15 is 0 Å². The molecule has 0 unspecified atom stereocenters. The van der Waals surface area contributed by atoms with E-state index in [-0.39, 0.29) is 12.0 Å². The summed E-state index contributed by atoms with van der Waals surface area (Å²) in [6, 6.07) is 0. The first-order valence-corrected chi connectivity index (χ1v) is 10.0. The molecule has 13 heteroatoms. The molecule has 0 aromatic rings. The highest BCUT2D eigenvalue weighted by atomic mass is 16.8. The topological polar surface area (TPSA) is 199 Å². The number of carboxylic acids is 1. The Morgan fingerprint density at radius 1 is 1.06 bits per heavy atom. The molecule has 5 N–H and O–H groups in total. The molecule has 3 heterocycles. The molecule has 178 valence electrons. The Labute approximate surface area is 181 Å². The first kappa shape index (κ1) is 22.9.